The molecule has 11 heavy (non-hydrogen) atoms. The zero-order chi connectivity index (χ0) is 8.65. The van der Waals surface area contributed by atoms with E-state index in [9.17, 15) is 4.79 Å². The van der Waals surface area contributed by atoms with Crippen LogP contribution in [0.2, 0.25) is 0 Å². The molecule has 0 aromatic rings. The number of amides is 1. The maximum absolute atomic E-state index is 11.3. The van der Waals surface area contributed by atoms with Crippen molar-refractivity contribution in [2.75, 3.05) is 0 Å². The molecule has 0 radical (unpaired) electrons. The van der Waals surface area contributed by atoms with Crippen molar-refractivity contribution in [3.63, 3.8) is 0 Å². The molecule has 0 aromatic heterocycles. The van der Waals surface area contributed by atoms with E-state index >= 15 is 0 Å². The van der Waals surface area contributed by atoms with E-state index in [1.165, 1.54) is 11.8 Å². The maximum Gasteiger partial charge on any atom is 0.242 e. The summed E-state index contributed by atoms with van der Waals surface area (Å²) in [6.45, 7) is 5.86. The summed E-state index contributed by atoms with van der Waals surface area (Å²) in [7, 11) is 0. The van der Waals surface area contributed by atoms with Crippen LogP contribution in [0.25, 0.3) is 0 Å². The summed E-state index contributed by atoms with van der Waals surface area (Å²) in [5.41, 5.74) is 0. The van der Waals surface area contributed by atoms with Gasteiger partial charge in [0.15, 0.2) is 5.17 Å². The van der Waals surface area contributed by atoms with Crippen molar-refractivity contribution in [1.82, 2.24) is 5.32 Å². The summed E-state index contributed by atoms with van der Waals surface area (Å²) in [6.07, 6.45) is 0. The Labute approximate surface area is 70.4 Å². The van der Waals surface area contributed by atoms with E-state index in [0.717, 1.165) is 0 Å². The van der Waals surface area contributed by atoms with Crippen LogP contribution in [0.4, 0.5) is 0 Å². The van der Waals surface area contributed by atoms with Gasteiger partial charge in [-0.15, -0.1) is 0 Å². The first-order valence-corrected chi connectivity index (χ1v) is 4.37. The first kappa shape index (κ1) is 8.59. The average Bonchev–Trinajstić information content (AvgIpc) is 2.08. The Bertz CT molecular complexity index is 214. The highest BCUT2D eigenvalue weighted by Gasteiger charge is 2.44. The fraction of sp³-hybridized carbons (Fsp3) is 0.714. The molecule has 2 N–H and O–H groups in total. The summed E-state index contributed by atoms with van der Waals surface area (Å²) in [5.74, 6) is 0.220. The minimum Gasteiger partial charge on any atom is -0.304 e. The van der Waals surface area contributed by atoms with Crippen molar-refractivity contribution in [3.8, 4) is 0 Å². The first-order chi connectivity index (χ1) is 4.97. The van der Waals surface area contributed by atoms with Crippen LogP contribution in [-0.4, -0.2) is 15.8 Å². The van der Waals surface area contributed by atoms with Crippen LogP contribution in [-0.2, 0) is 4.79 Å². The molecule has 1 amide bonds. The van der Waals surface area contributed by atoms with Crippen molar-refractivity contribution < 1.29 is 4.79 Å². The molecule has 62 valence electrons. The number of carbonyl (C=O) groups excluding carboxylic acids is 1. The van der Waals surface area contributed by atoms with Crippen LogP contribution in [0.15, 0.2) is 0 Å². The summed E-state index contributed by atoms with van der Waals surface area (Å²) in [4.78, 5) is 11.3. The molecule has 1 saturated heterocycles. The number of thioether (sulfide) groups is 1. The van der Waals surface area contributed by atoms with Gasteiger partial charge < -0.3 is 5.32 Å². The molecule has 1 atom stereocenters. The lowest BCUT2D eigenvalue weighted by Gasteiger charge is -2.22. The minimum absolute atomic E-state index is 0.0394. The van der Waals surface area contributed by atoms with Crippen molar-refractivity contribution in [2.45, 2.75) is 25.5 Å². The topological polar surface area (TPSA) is 53.0 Å². The van der Waals surface area contributed by atoms with Gasteiger partial charge in [0.1, 0.15) is 4.75 Å². The fourth-order valence-corrected chi connectivity index (χ4v) is 1.84. The van der Waals surface area contributed by atoms with Gasteiger partial charge in [-0.25, -0.2) is 0 Å². The van der Waals surface area contributed by atoms with Crippen LogP contribution >= 0.6 is 11.8 Å². The lowest BCUT2D eigenvalue weighted by atomic mass is 9.96. The van der Waals surface area contributed by atoms with Gasteiger partial charge in [0.2, 0.25) is 5.91 Å². The van der Waals surface area contributed by atoms with Crippen LogP contribution in [0.1, 0.15) is 20.8 Å². The third-order valence-corrected chi connectivity index (χ3v) is 3.48. The van der Waals surface area contributed by atoms with E-state index in [4.69, 9.17) is 5.41 Å². The number of nitrogens with one attached hydrogen (secondary N) is 2. The molecular formula is C7H12N2OS. The highest BCUT2D eigenvalue weighted by Crippen LogP contribution is 2.37. The van der Waals surface area contributed by atoms with Gasteiger partial charge in [-0.3, -0.25) is 10.2 Å². The summed E-state index contributed by atoms with van der Waals surface area (Å²) >= 11 is 1.31. The normalized spacial score (nSPS) is 31.3. The van der Waals surface area contributed by atoms with E-state index in [2.05, 4.69) is 5.32 Å². The van der Waals surface area contributed by atoms with E-state index < -0.39 is 4.75 Å². The van der Waals surface area contributed by atoms with E-state index in [1.807, 2.05) is 20.8 Å². The molecule has 0 aromatic carbocycles. The molecule has 4 heteroatoms. The highest BCUT2D eigenvalue weighted by atomic mass is 32.2. The molecule has 1 fully saturated rings. The lowest BCUT2D eigenvalue weighted by molar-refractivity contribution is -0.122. The number of amidine groups is 1. The van der Waals surface area contributed by atoms with Crippen molar-refractivity contribution in [2.24, 2.45) is 5.92 Å². The Hall–Kier alpha value is -0.510. The van der Waals surface area contributed by atoms with Gasteiger partial charge in [0, 0.05) is 0 Å². The molecule has 1 unspecified atom stereocenters. The molecule has 1 aliphatic heterocycles. The largest absolute Gasteiger partial charge is 0.304 e. The summed E-state index contributed by atoms with van der Waals surface area (Å²) < 4.78 is -0.433. The number of rotatable bonds is 1. The number of hydrogen-bond acceptors (Lipinski definition) is 3. The number of carbonyl (C=O) groups is 1. The van der Waals surface area contributed by atoms with Crippen molar-refractivity contribution in [3.05, 3.63) is 0 Å². The second-order valence-corrected chi connectivity index (χ2v) is 4.61. The van der Waals surface area contributed by atoms with Crippen LogP contribution in [0.5, 0.6) is 0 Å². The first-order valence-electron chi connectivity index (χ1n) is 3.56. The Morgan fingerprint density at radius 1 is 1.64 bits per heavy atom. The zero-order valence-corrected chi connectivity index (χ0v) is 7.71. The van der Waals surface area contributed by atoms with Crippen LogP contribution in [0.3, 0.4) is 0 Å². The smallest absolute Gasteiger partial charge is 0.242 e. The second kappa shape index (κ2) is 2.52. The van der Waals surface area contributed by atoms with Gasteiger partial charge >= 0.3 is 0 Å². The van der Waals surface area contributed by atoms with Gasteiger partial charge in [-0.05, 0) is 12.8 Å². The van der Waals surface area contributed by atoms with Crippen molar-refractivity contribution >= 4 is 22.8 Å². The maximum atomic E-state index is 11.3. The molecule has 1 heterocycles. The monoisotopic (exact) mass is 172 g/mol. The molecule has 0 aliphatic carbocycles. The number of hydrogen-bond donors (Lipinski definition) is 2. The van der Waals surface area contributed by atoms with Crippen LogP contribution < -0.4 is 5.32 Å². The molecule has 0 spiro atoms. The van der Waals surface area contributed by atoms with Crippen molar-refractivity contribution in [1.29, 1.82) is 5.41 Å². The van der Waals surface area contributed by atoms with Gasteiger partial charge in [0.05, 0.1) is 0 Å². The second-order valence-electron chi connectivity index (χ2n) is 3.15. The Morgan fingerprint density at radius 2 is 2.18 bits per heavy atom. The average molecular weight is 172 g/mol. The van der Waals surface area contributed by atoms with E-state index in [-0.39, 0.29) is 17.0 Å². The van der Waals surface area contributed by atoms with E-state index in [1.54, 1.807) is 0 Å². The predicted molar refractivity (Wildman–Crippen MR) is 46.7 cm³/mol. The Morgan fingerprint density at radius 3 is 2.36 bits per heavy atom. The molecule has 1 aliphatic rings. The van der Waals surface area contributed by atoms with Gasteiger partial charge in [-0.2, -0.15) is 0 Å². The lowest BCUT2D eigenvalue weighted by Crippen LogP contribution is -2.38. The predicted octanol–water partition coefficient (Wildman–Crippen LogP) is 1.20. The Kier molecular flexibility index (Phi) is 1.96. The van der Waals surface area contributed by atoms with Gasteiger partial charge in [0.25, 0.3) is 0 Å². The van der Waals surface area contributed by atoms with E-state index in [0.29, 0.717) is 0 Å². The molecular weight excluding hydrogens is 160 g/mol. The van der Waals surface area contributed by atoms with Gasteiger partial charge in [-0.1, -0.05) is 25.6 Å². The molecule has 0 bridgehead atoms. The zero-order valence-electron chi connectivity index (χ0n) is 6.89. The van der Waals surface area contributed by atoms with Crippen LogP contribution in [0, 0.1) is 11.3 Å². The SMILES string of the molecule is CC(C)C1(C)SC(=N)NC1=O. The third kappa shape index (κ3) is 1.27. The molecule has 1 rings (SSSR count). The third-order valence-electron chi connectivity index (χ3n) is 2.09. The highest BCUT2D eigenvalue weighted by molar-refractivity contribution is 8.16. The minimum atomic E-state index is -0.433. The Balaban J connectivity index is 2.87. The summed E-state index contributed by atoms with van der Waals surface area (Å²) in [5, 5.41) is 10.0. The molecule has 3 nitrogen and oxygen atoms in total. The fourth-order valence-electron chi connectivity index (χ4n) is 0.891. The summed E-state index contributed by atoms with van der Waals surface area (Å²) in [6, 6.07) is 0. The standard InChI is InChI=1S/C7H12N2OS/c1-4(2)7(3)5(10)9-6(8)11-7/h4H,1-3H3,(H2,8,9,10). The quantitative estimate of drug-likeness (QED) is 0.624. The molecule has 0 saturated carbocycles.